The van der Waals surface area contributed by atoms with Gasteiger partial charge >= 0.3 is 21.6 Å². The number of hydrogen-bond acceptors (Lipinski definition) is 5. The Bertz CT molecular complexity index is 1540. The topological polar surface area (TPSA) is 69.7 Å². The second-order valence-electron chi connectivity index (χ2n) is 17.0. The number of allylic oxidation sites excluding steroid dienone is 7. The summed E-state index contributed by atoms with van der Waals surface area (Å²) in [5.41, 5.74) is -5.19. The molecular formula is C39H55F3O5S. The lowest BCUT2D eigenvalue weighted by Gasteiger charge is -2.72. The molecule has 0 aromatic rings. The molecular weight excluding hydrogens is 637 g/mol. The maximum absolute atomic E-state index is 14.2. The van der Waals surface area contributed by atoms with Gasteiger partial charge in [-0.2, -0.15) is 21.6 Å². The van der Waals surface area contributed by atoms with Crippen molar-refractivity contribution in [3.05, 3.63) is 60.4 Å². The fraction of sp³-hybridized carbons (Fsp3) is 0.718. The lowest BCUT2D eigenvalue weighted by atomic mass is 9.32. The lowest BCUT2D eigenvalue weighted by Crippen LogP contribution is -2.66. The van der Waals surface area contributed by atoms with Crippen LogP contribution in [-0.2, 0) is 23.8 Å². The van der Waals surface area contributed by atoms with Gasteiger partial charge in [-0.05, 0) is 129 Å². The van der Waals surface area contributed by atoms with Crippen molar-refractivity contribution >= 4 is 16.1 Å². The monoisotopic (exact) mass is 692 g/mol. The Morgan fingerprint density at radius 3 is 2.27 bits per heavy atom. The molecule has 5 aliphatic carbocycles. The van der Waals surface area contributed by atoms with Gasteiger partial charge in [0.05, 0.1) is 5.41 Å². The van der Waals surface area contributed by atoms with Gasteiger partial charge in [-0.25, -0.2) is 0 Å². The van der Waals surface area contributed by atoms with Crippen molar-refractivity contribution < 1.29 is 35.3 Å². The summed E-state index contributed by atoms with van der Waals surface area (Å²) in [5, 5.41) is 0. The normalized spacial score (nSPS) is 40.9. The Labute approximate surface area is 286 Å². The summed E-state index contributed by atoms with van der Waals surface area (Å²) < 4.78 is 75.0. The highest BCUT2D eigenvalue weighted by atomic mass is 32.2. The van der Waals surface area contributed by atoms with Crippen LogP contribution < -0.4 is 0 Å². The minimum absolute atomic E-state index is 0.0448. The first-order chi connectivity index (χ1) is 22.1. The van der Waals surface area contributed by atoms with Crippen LogP contribution in [0.1, 0.15) is 106 Å². The number of hydrogen-bond donors (Lipinski definition) is 0. The predicted molar refractivity (Wildman–Crippen MR) is 183 cm³/mol. The van der Waals surface area contributed by atoms with Crippen LogP contribution in [0.15, 0.2) is 60.4 Å². The maximum atomic E-state index is 14.2. The molecule has 0 unspecified atom stereocenters. The summed E-state index contributed by atoms with van der Waals surface area (Å²) in [6.07, 6.45) is 16.5. The van der Waals surface area contributed by atoms with E-state index in [9.17, 15) is 26.4 Å². The Morgan fingerprint density at radius 1 is 0.958 bits per heavy atom. The van der Waals surface area contributed by atoms with E-state index in [1.165, 1.54) is 0 Å². The van der Waals surface area contributed by atoms with Crippen molar-refractivity contribution in [1.29, 1.82) is 0 Å². The largest absolute Gasteiger partial charge is 0.534 e. The number of carbonyl (C=O) groups excluding carboxylic acids is 1. The maximum Gasteiger partial charge on any atom is 0.534 e. The van der Waals surface area contributed by atoms with Gasteiger partial charge in [0.1, 0.15) is 12.4 Å². The molecule has 9 atom stereocenters. The second kappa shape index (κ2) is 12.2. The highest BCUT2D eigenvalue weighted by Crippen LogP contribution is 2.77. The van der Waals surface area contributed by atoms with Gasteiger partial charge in [0, 0.05) is 5.41 Å². The van der Waals surface area contributed by atoms with Crippen LogP contribution in [0.4, 0.5) is 13.2 Å². The van der Waals surface area contributed by atoms with E-state index in [1.54, 1.807) is 12.2 Å². The van der Waals surface area contributed by atoms with E-state index in [2.05, 4.69) is 40.9 Å². The number of carbonyl (C=O) groups is 1. The van der Waals surface area contributed by atoms with Crippen LogP contribution in [0.25, 0.3) is 0 Å². The van der Waals surface area contributed by atoms with Crippen LogP contribution in [0.3, 0.4) is 0 Å². The molecule has 0 saturated heterocycles. The zero-order valence-corrected chi connectivity index (χ0v) is 30.7. The van der Waals surface area contributed by atoms with E-state index in [1.807, 2.05) is 39.0 Å². The highest BCUT2D eigenvalue weighted by molar-refractivity contribution is 7.87. The van der Waals surface area contributed by atoms with Crippen molar-refractivity contribution in [1.82, 2.24) is 0 Å². The molecule has 5 nitrogen and oxygen atoms in total. The fourth-order valence-corrected chi connectivity index (χ4v) is 12.7. The van der Waals surface area contributed by atoms with Gasteiger partial charge in [0.15, 0.2) is 0 Å². The highest BCUT2D eigenvalue weighted by Gasteiger charge is 2.72. The van der Waals surface area contributed by atoms with Crippen LogP contribution in [0, 0.1) is 56.7 Å². The zero-order valence-electron chi connectivity index (χ0n) is 29.8. The smallest absolute Gasteiger partial charge is 0.461 e. The summed E-state index contributed by atoms with van der Waals surface area (Å²) in [7, 11) is -5.76. The number of alkyl halides is 3. The minimum Gasteiger partial charge on any atom is -0.461 e. The molecule has 0 radical (unpaired) electrons. The molecule has 0 N–H and O–H groups in total. The van der Waals surface area contributed by atoms with E-state index in [0.29, 0.717) is 12.3 Å². The standard InChI is InChI=1S/C39H55F3O5S/c1-10-11-12-13-26(4)24-46-33(43)38-21-16-27(25(2)3)32(38)28-14-15-30-35(7)19-18-31(47-48(44,45)39(40,41)42)34(5,6)29(35)17-20-37(30,9)36(28,8)22-23-38/h10-13,18,27-30,32H,1-2,14-17,19-24H2,3-9H3/b12-11-,26-13+/t27-,28+,29-,30+,32+,35-,36+,37+,38-/m0/s1. The zero-order chi connectivity index (χ0) is 35.7. The average molecular weight is 693 g/mol. The predicted octanol–water partition coefficient (Wildman–Crippen LogP) is 10.2. The van der Waals surface area contributed by atoms with Crippen molar-refractivity contribution in [3.63, 3.8) is 0 Å². The average Bonchev–Trinajstić information content (AvgIpc) is 3.39. The third kappa shape index (κ3) is 5.47. The molecule has 0 aliphatic heterocycles. The molecule has 0 heterocycles. The first-order valence-electron chi connectivity index (χ1n) is 17.6. The fourth-order valence-electron chi connectivity index (χ4n) is 12.1. The number of halogens is 3. The first kappa shape index (κ1) is 37.0. The van der Waals surface area contributed by atoms with E-state index in [0.717, 1.165) is 62.5 Å². The van der Waals surface area contributed by atoms with E-state index in [-0.39, 0.29) is 58.3 Å². The third-order valence-corrected chi connectivity index (χ3v) is 15.5. The van der Waals surface area contributed by atoms with E-state index in [4.69, 9.17) is 8.92 Å². The van der Waals surface area contributed by atoms with E-state index < -0.39 is 26.5 Å². The quantitative estimate of drug-likeness (QED) is 0.0833. The van der Waals surface area contributed by atoms with Crippen molar-refractivity contribution in [2.24, 2.45) is 56.7 Å². The van der Waals surface area contributed by atoms with Crippen LogP contribution in [-0.4, -0.2) is 26.5 Å². The molecule has 48 heavy (non-hydrogen) atoms. The molecule has 0 amide bonds. The first-order valence-corrected chi connectivity index (χ1v) is 19.0. The summed E-state index contributed by atoms with van der Waals surface area (Å²) in [6.45, 7) is 23.3. The number of esters is 1. The van der Waals surface area contributed by atoms with Crippen LogP contribution in [0.2, 0.25) is 0 Å². The lowest BCUT2D eigenvalue weighted by molar-refractivity contribution is -0.231. The molecule has 0 bridgehead atoms. The molecule has 0 aromatic heterocycles. The van der Waals surface area contributed by atoms with Crippen molar-refractivity contribution in [3.8, 4) is 0 Å². The molecule has 0 spiro atoms. The number of ether oxygens (including phenoxy) is 1. The van der Waals surface area contributed by atoms with Crippen LogP contribution >= 0.6 is 0 Å². The molecule has 5 rings (SSSR count). The van der Waals surface area contributed by atoms with Gasteiger partial charge in [0.2, 0.25) is 0 Å². The van der Waals surface area contributed by atoms with Gasteiger partial charge < -0.3 is 8.92 Å². The Balaban J connectivity index is 1.46. The van der Waals surface area contributed by atoms with Gasteiger partial charge in [-0.3, -0.25) is 4.79 Å². The Kier molecular flexibility index (Phi) is 9.39. The van der Waals surface area contributed by atoms with Crippen molar-refractivity contribution in [2.45, 2.75) is 112 Å². The third-order valence-electron chi connectivity index (χ3n) is 14.5. The summed E-state index contributed by atoms with van der Waals surface area (Å²) in [5.74, 6) is 0.752. The van der Waals surface area contributed by atoms with Gasteiger partial charge in [-0.1, -0.05) is 77.7 Å². The molecule has 4 fully saturated rings. The summed E-state index contributed by atoms with van der Waals surface area (Å²) in [4.78, 5) is 14.2. The Hall–Kier alpha value is -2.29. The molecule has 9 heteroatoms. The van der Waals surface area contributed by atoms with Gasteiger partial charge in [0.25, 0.3) is 0 Å². The molecule has 4 saturated carbocycles. The van der Waals surface area contributed by atoms with Crippen molar-refractivity contribution in [2.75, 3.05) is 6.61 Å². The number of rotatable bonds is 8. The Morgan fingerprint density at radius 2 is 1.65 bits per heavy atom. The van der Waals surface area contributed by atoms with Gasteiger partial charge in [-0.15, -0.1) is 0 Å². The molecule has 5 aliphatic rings. The van der Waals surface area contributed by atoms with E-state index >= 15 is 0 Å². The summed E-state index contributed by atoms with van der Waals surface area (Å²) in [6, 6.07) is 0. The SMILES string of the molecule is C=C/C=C\C=C(/C)COC(=O)[C@]12CC[C@@H](C(=C)C)[C@@H]1[C@H]1CC[C@@H]3[C@@]4(C)CC=C(OS(=O)(=O)C(F)(F)F)C(C)(C)[C@@H]4CC[C@@]3(C)[C@]1(C)CC2. The van der Waals surface area contributed by atoms with Crippen LogP contribution in [0.5, 0.6) is 0 Å². The second-order valence-corrected chi connectivity index (χ2v) is 18.6. The number of fused-ring (bicyclic) bond motifs is 7. The summed E-state index contributed by atoms with van der Waals surface area (Å²) >= 11 is 0. The molecule has 0 aromatic carbocycles. The molecule has 268 valence electrons. The minimum atomic E-state index is -5.76.